The van der Waals surface area contributed by atoms with Crippen LogP contribution in [0.25, 0.3) is 0 Å². The lowest BCUT2D eigenvalue weighted by atomic mass is 10.3. The highest BCUT2D eigenvalue weighted by Gasteiger charge is 2.08. The van der Waals surface area contributed by atoms with Crippen molar-refractivity contribution >= 4 is 5.82 Å². The van der Waals surface area contributed by atoms with Crippen LogP contribution in [0, 0.1) is 13.8 Å². The van der Waals surface area contributed by atoms with Crippen molar-refractivity contribution in [2.75, 3.05) is 18.5 Å². The van der Waals surface area contributed by atoms with Crippen molar-refractivity contribution in [2.45, 2.75) is 19.9 Å². The third kappa shape index (κ3) is 2.65. The third-order valence-electron chi connectivity index (χ3n) is 1.86. The topological polar surface area (TPSA) is 78.3 Å². The predicted octanol–water partition coefficient (Wildman–Crippen LogP) is -0.141. The molecule has 1 aromatic rings. The minimum absolute atomic E-state index is 0.133. The van der Waals surface area contributed by atoms with Gasteiger partial charge in [0.1, 0.15) is 5.82 Å². The first-order valence-corrected chi connectivity index (χ1v) is 4.46. The summed E-state index contributed by atoms with van der Waals surface area (Å²) in [5, 5.41) is 20.7. The summed E-state index contributed by atoms with van der Waals surface area (Å²) in [5.74, 6) is 0.609. The van der Waals surface area contributed by atoms with E-state index in [-0.39, 0.29) is 19.3 Å². The maximum atomic E-state index is 8.88. The zero-order valence-corrected chi connectivity index (χ0v) is 8.36. The molecule has 0 aliphatic heterocycles. The molecule has 1 heterocycles. The molecule has 0 saturated carbocycles. The molecule has 5 nitrogen and oxygen atoms in total. The standard InChI is InChI=1S/C9H15N3O2/c1-6-3-10-7(2)9(11-6)12-8(4-13)5-14/h3,8,13-14H,4-5H2,1-2H3,(H,11,12). The third-order valence-corrected chi connectivity index (χ3v) is 1.86. The summed E-state index contributed by atoms with van der Waals surface area (Å²) in [5.41, 5.74) is 1.55. The first-order valence-electron chi connectivity index (χ1n) is 4.46. The molecule has 0 bridgehead atoms. The Morgan fingerprint density at radius 3 is 2.57 bits per heavy atom. The van der Waals surface area contributed by atoms with Crippen molar-refractivity contribution in [3.05, 3.63) is 17.6 Å². The summed E-state index contributed by atoms with van der Waals surface area (Å²) in [6.45, 7) is 3.39. The van der Waals surface area contributed by atoms with Gasteiger partial charge in [-0.2, -0.15) is 0 Å². The minimum atomic E-state index is -0.384. The maximum absolute atomic E-state index is 8.88. The highest BCUT2D eigenvalue weighted by atomic mass is 16.3. The van der Waals surface area contributed by atoms with E-state index >= 15 is 0 Å². The van der Waals surface area contributed by atoms with Gasteiger partial charge in [0.05, 0.1) is 30.6 Å². The number of nitrogens with one attached hydrogen (secondary N) is 1. The van der Waals surface area contributed by atoms with Crippen LogP contribution in [-0.2, 0) is 0 Å². The molecule has 0 unspecified atom stereocenters. The Morgan fingerprint density at radius 2 is 2.00 bits per heavy atom. The smallest absolute Gasteiger partial charge is 0.148 e. The summed E-state index contributed by atoms with van der Waals surface area (Å²) in [6.07, 6.45) is 1.67. The molecule has 5 heteroatoms. The Bertz CT molecular complexity index is 300. The maximum Gasteiger partial charge on any atom is 0.148 e. The summed E-state index contributed by atoms with van der Waals surface area (Å²) in [4.78, 5) is 8.32. The number of nitrogens with zero attached hydrogens (tertiary/aromatic N) is 2. The van der Waals surface area contributed by atoms with E-state index < -0.39 is 0 Å². The van der Waals surface area contributed by atoms with E-state index in [0.717, 1.165) is 11.4 Å². The highest BCUT2D eigenvalue weighted by molar-refractivity contribution is 5.40. The van der Waals surface area contributed by atoms with Crippen LogP contribution < -0.4 is 5.32 Å². The second-order valence-electron chi connectivity index (χ2n) is 3.15. The van der Waals surface area contributed by atoms with E-state index in [9.17, 15) is 0 Å². The molecule has 78 valence electrons. The number of rotatable bonds is 4. The van der Waals surface area contributed by atoms with Crippen molar-refractivity contribution in [1.29, 1.82) is 0 Å². The summed E-state index contributed by atoms with van der Waals surface area (Å²) in [7, 11) is 0. The van der Waals surface area contributed by atoms with Crippen molar-refractivity contribution in [2.24, 2.45) is 0 Å². The Hall–Kier alpha value is -1.20. The molecule has 14 heavy (non-hydrogen) atoms. The summed E-state index contributed by atoms with van der Waals surface area (Å²) >= 11 is 0. The number of hydrogen-bond donors (Lipinski definition) is 3. The van der Waals surface area contributed by atoms with E-state index in [2.05, 4.69) is 15.3 Å². The molecule has 1 rings (SSSR count). The monoisotopic (exact) mass is 197 g/mol. The molecular formula is C9H15N3O2. The lowest BCUT2D eigenvalue weighted by molar-refractivity contribution is 0.203. The molecule has 0 amide bonds. The molecule has 0 saturated heterocycles. The number of anilines is 1. The normalized spacial score (nSPS) is 10.6. The predicted molar refractivity (Wildman–Crippen MR) is 53.1 cm³/mol. The number of aryl methyl sites for hydroxylation is 2. The van der Waals surface area contributed by atoms with Gasteiger partial charge < -0.3 is 15.5 Å². The van der Waals surface area contributed by atoms with Gasteiger partial charge in [-0.3, -0.25) is 4.98 Å². The number of aliphatic hydroxyl groups excluding tert-OH is 2. The van der Waals surface area contributed by atoms with E-state index in [4.69, 9.17) is 10.2 Å². The summed E-state index contributed by atoms with van der Waals surface area (Å²) in [6, 6.07) is -0.384. The van der Waals surface area contributed by atoms with Crippen molar-refractivity contribution < 1.29 is 10.2 Å². The zero-order valence-electron chi connectivity index (χ0n) is 8.36. The van der Waals surface area contributed by atoms with Gasteiger partial charge in [0.2, 0.25) is 0 Å². The Morgan fingerprint density at radius 1 is 1.36 bits per heavy atom. The molecular weight excluding hydrogens is 182 g/mol. The molecule has 0 fully saturated rings. The van der Waals surface area contributed by atoms with E-state index in [0.29, 0.717) is 5.82 Å². The SMILES string of the molecule is Cc1cnc(C)c(NC(CO)CO)n1. The zero-order chi connectivity index (χ0) is 10.6. The van der Waals surface area contributed by atoms with Crippen LogP contribution in [-0.4, -0.2) is 39.4 Å². The lowest BCUT2D eigenvalue weighted by Gasteiger charge is -2.15. The second kappa shape index (κ2) is 4.88. The van der Waals surface area contributed by atoms with Crippen LogP contribution in [0.1, 0.15) is 11.4 Å². The molecule has 0 radical (unpaired) electrons. The van der Waals surface area contributed by atoms with Crippen LogP contribution in [0.3, 0.4) is 0 Å². The molecule has 0 atom stereocenters. The molecule has 0 aromatic carbocycles. The van der Waals surface area contributed by atoms with Gasteiger partial charge in [-0.05, 0) is 13.8 Å². The fourth-order valence-electron chi connectivity index (χ4n) is 1.02. The quantitative estimate of drug-likeness (QED) is 0.626. The molecule has 0 aliphatic carbocycles. The lowest BCUT2D eigenvalue weighted by Crippen LogP contribution is -2.28. The van der Waals surface area contributed by atoms with Gasteiger partial charge >= 0.3 is 0 Å². The van der Waals surface area contributed by atoms with Gasteiger partial charge in [-0.1, -0.05) is 0 Å². The Labute approximate surface area is 82.8 Å². The summed E-state index contributed by atoms with van der Waals surface area (Å²) < 4.78 is 0. The molecule has 0 aliphatic rings. The van der Waals surface area contributed by atoms with Crippen molar-refractivity contribution in [1.82, 2.24) is 9.97 Å². The average Bonchev–Trinajstić information content (AvgIpc) is 2.19. The largest absolute Gasteiger partial charge is 0.394 e. The second-order valence-corrected chi connectivity index (χ2v) is 3.15. The Balaban J connectivity index is 2.79. The van der Waals surface area contributed by atoms with Gasteiger partial charge in [-0.15, -0.1) is 0 Å². The van der Waals surface area contributed by atoms with Gasteiger partial charge in [0.15, 0.2) is 0 Å². The van der Waals surface area contributed by atoms with Crippen LogP contribution in [0.4, 0.5) is 5.82 Å². The number of aliphatic hydroxyl groups is 2. The van der Waals surface area contributed by atoms with Gasteiger partial charge in [0, 0.05) is 6.20 Å². The number of aromatic nitrogens is 2. The van der Waals surface area contributed by atoms with Gasteiger partial charge in [-0.25, -0.2) is 4.98 Å². The Kier molecular flexibility index (Phi) is 3.79. The van der Waals surface area contributed by atoms with Crippen LogP contribution in [0.5, 0.6) is 0 Å². The van der Waals surface area contributed by atoms with E-state index in [1.54, 1.807) is 6.20 Å². The van der Waals surface area contributed by atoms with Crippen LogP contribution in [0.15, 0.2) is 6.20 Å². The number of hydrogen-bond acceptors (Lipinski definition) is 5. The van der Waals surface area contributed by atoms with Crippen LogP contribution in [0.2, 0.25) is 0 Å². The first-order chi connectivity index (χ1) is 6.67. The van der Waals surface area contributed by atoms with Crippen molar-refractivity contribution in [3.63, 3.8) is 0 Å². The minimum Gasteiger partial charge on any atom is -0.394 e. The first kappa shape index (κ1) is 10.9. The fourth-order valence-corrected chi connectivity index (χ4v) is 1.02. The highest BCUT2D eigenvalue weighted by Crippen LogP contribution is 2.09. The van der Waals surface area contributed by atoms with E-state index in [1.165, 1.54) is 0 Å². The van der Waals surface area contributed by atoms with Gasteiger partial charge in [0.25, 0.3) is 0 Å². The van der Waals surface area contributed by atoms with Crippen LogP contribution >= 0.6 is 0 Å². The molecule has 3 N–H and O–H groups in total. The molecule has 1 aromatic heterocycles. The fraction of sp³-hybridized carbons (Fsp3) is 0.556. The molecule has 0 spiro atoms. The van der Waals surface area contributed by atoms with Crippen molar-refractivity contribution in [3.8, 4) is 0 Å². The van der Waals surface area contributed by atoms with E-state index in [1.807, 2.05) is 13.8 Å². The average molecular weight is 197 g/mol.